The molecule has 1 aliphatic carbocycles. The minimum Gasteiger partial charge on any atom is -0.337 e. The van der Waals surface area contributed by atoms with Crippen molar-refractivity contribution in [2.24, 2.45) is 0 Å². The Morgan fingerprint density at radius 1 is 1.03 bits per heavy atom. The molecule has 0 saturated heterocycles. The van der Waals surface area contributed by atoms with Gasteiger partial charge in [-0.3, -0.25) is 14.2 Å². The van der Waals surface area contributed by atoms with E-state index in [2.05, 4.69) is 5.10 Å². The van der Waals surface area contributed by atoms with Gasteiger partial charge in [-0.25, -0.2) is 4.79 Å². The van der Waals surface area contributed by atoms with Gasteiger partial charge in [-0.1, -0.05) is 61.2 Å². The molecule has 32 heavy (non-hydrogen) atoms. The maximum atomic E-state index is 13.3. The van der Waals surface area contributed by atoms with Crippen LogP contribution in [-0.4, -0.2) is 38.2 Å². The van der Waals surface area contributed by atoms with Crippen molar-refractivity contribution in [2.75, 3.05) is 7.05 Å². The SMILES string of the molecule is CN(C(=O)c1nn(-c2ccc(Cl)cc2)c(=O)n(Cc2ccccc2)c1=O)C1CCCCC1. The third-order valence-corrected chi connectivity index (χ3v) is 6.21. The molecule has 8 heteroatoms. The number of carbonyl (C=O) groups is 1. The molecule has 0 N–H and O–H groups in total. The summed E-state index contributed by atoms with van der Waals surface area (Å²) in [5, 5.41) is 4.73. The van der Waals surface area contributed by atoms with Gasteiger partial charge < -0.3 is 4.90 Å². The molecule has 0 atom stereocenters. The van der Waals surface area contributed by atoms with Crippen molar-refractivity contribution in [2.45, 2.75) is 44.7 Å². The second kappa shape index (κ2) is 9.53. The number of nitrogens with zero attached hydrogens (tertiary/aromatic N) is 4. The molecule has 0 radical (unpaired) electrons. The molecular formula is C24H25ClN4O3. The van der Waals surface area contributed by atoms with Gasteiger partial charge >= 0.3 is 5.69 Å². The zero-order chi connectivity index (χ0) is 22.7. The van der Waals surface area contributed by atoms with Gasteiger partial charge in [0.25, 0.3) is 11.5 Å². The van der Waals surface area contributed by atoms with Gasteiger partial charge in [0.1, 0.15) is 0 Å². The van der Waals surface area contributed by atoms with Crippen LogP contribution in [0.5, 0.6) is 0 Å². The number of benzene rings is 2. The summed E-state index contributed by atoms with van der Waals surface area (Å²) >= 11 is 5.99. The van der Waals surface area contributed by atoms with Gasteiger partial charge in [0.05, 0.1) is 12.2 Å². The van der Waals surface area contributed by atoms with Crippen LogP contribution in [0, 0.1) is 0 Å². The predicted octanol–water partition coefficient (Wildman–Crippen LogP) is 3.50. The highest BCUT2D eigenvalue weighted by molar-refractivity contribution is 6.30. The maximum absolute atomic E-state index is 13.3. The summed E-state index contributed by atoms with van der Waals surface area (Å²) in [6.45, 7) is 0.0437. The van der Waals surface area contributed by atoms with Crippen LogP contribution < -0.4 is 11.2 Å². The first-order valence-corrected chi connectivity index (χ1v) is 11.1. The monoisotopic (exact) mass is 452 g/mol. The topological polar surface area (TPSA) is 77.2 Å². The van der Waals surface area contributed by atoms with Crippen molar-refractivity contribution in [1.82, 2.24) is 19.2 Å². The number of aromatic nitrogens is 3. The number of amides is 1. The zero-order valence-electron chi connectivity index (χ0n) is 17.9. The van der Waals surface area contributed by atoms with Crippen LogP contribution in [-0.2, 0) is 6.54 Å². The normalized spacial score (nSPS) is 14.3. The summed E-state index contributed by atoms with van der Waals surface area (Å²) < 4.78 is 2.17. The molecule has 4 rings (SSSR count). The van der Waals surface area contributed by atoms with Gasteiger partial charge in [0.2, 0.25) is 5.69 Å². The van der Waals surface area contributed by atoms with Crippen LogP contribution in [0.3, 0.4) is 0 Å². The largest absolute Gasteiger partial charge is 0.352 e. The first-order chi connectivity index (χ1) is 15.5. The fourth-order valence-electron chi connectivity index (χ4n) is 4.11. The fourth-order valence-corrected chi connectivity index (χ4v) is 4.23. The van der Waals surface area contributed by atoms with E-state index in [0.717, 1.165) is 46.9 Å². The Bertz CT molecular complexity index is 1210. The van der Waals surface area contributed by atoms with Gasteiger partial charge in [-0.15, -0.1) is 0 Å². The Hall–Kier alpha value is -3.19. The second-order valence-electron chi connectivity index (χ2n) is 8.10. The van der Waals surface area contributed by atoms with Crippen LogP contribution in [0.2, 0.25) is 5.02 Å². The summed E-state index contributed by atoms with van der Waals surface area (Å²) in [5.41, 5.74) is -0.353. The lowest BCUT2D eigenvalue weighted by Gasteiger charge is -2.30. The molecule has 166 valence electrons. The van der Waals surface area contributed by atoms with E-state index in [1.54, 1.807) is 36.2 Å². The van der Waals surface area contributed by atoms with Crippen LogP contribution in [0.4, 0.5) is 0 Å². The molecule has 0 spiro atoms. The Morgan fingerprint density at radius 3 is 2.34 bits per heavy atom. The van der Waals surface area contributed by atoms with Gasteiger partial charge in [0.15, 0.2) is 0 Å². The first kappa shape index (κ1) is 22.0. The van der Waals surface area contributed by atoms with Crippen LogP contribution in [0.15, 0.2) is 64.2 Å². The third-order valence-electron chi connectivity index (χ3n) is 5.96. The Morgan fingerprint density at radius 2 is 1.69 bits per heavy atom. The molecule has 0 aliphatic heterocycles. The Labute approximate surface area is 190 Å². The molecule has 1 aliphatic rings. The number of hydrogen-bond donors (Lipinski definition) is 0. The molecule has 0 bridgehead atoms. The van der Waals surface area contributed by atoms with Crippen molar-refractivity contribution in [3.63, 3.8) is 0 Å². The average molecular weight is 453 g/mol. The quantitative estimate of drug-likeness (QED) is 0.593. The maximum Gasteiger partial charge on any atom is 0.352 e. The van der Waals surface area contributed by atoms with Gasteiger partial charge in [-0.05, 0) is 42.7 Å². The molecule has 1 saturated carbocycles. The van der Waals surface area contributed by atoms with E-state index in [1.807, 2.05) is 30.3 Å². The molecule has 2 aromatic carbocycles. The smallest absolute Gasteiger partial charge is 0.337 e. The lowest BCUT2D eigenvalue weighted by molar-refractivity contribution is 0.0684. The standard InChI is InChI=1S/C24H25ClN4O3/c1-27(19-10-6-3-7-11-19)22(30)21-23(31)28(16-17-8-4-2-5-9-17)24(32)29(26-21)20-14-12-18(25)13-15-20/h2,4-5,8-9,12-15,19H,3,6-7,10-11,16H2,1H3. The van der Waals surface area contributed by atoms with Crippen molar-refractivity contribution in [3.05, 3.63) is 91.7 Å². The number of hydrogen-bond acceptors (Lipinski definition) is 4. The second-order valence-corrected chi connectivity index (χ2v) is 8.54. The average Bonchev–Trinajstić information content (AvgIpc) is 2.83. The van der Waals surface area contributed by atoms with E-state index >= 15 is 0 Å². The summed E-state index contributed by atoms with van der Waals surface area (Å²) in [7, 11) is 1.71. The van der Waals surface area contributed by atoms with Crippen LogP contribution in [0.25, 0.3) is 5.69 Å². The van der Waals surface area contributed by atoms with Gasteiger partial charge in [0, 0.05) is 18.1 Å². The Kier molecular flexibility index (Phi) is 6.55. The summed E-state index contributed by atoms with van der Waals surface area (Å²) in [4.78, 5) is 41.4. The molecular weight excluding hydrogens is 428 g/mol. The first-order valence-electron chi connectivity index (χ1n) is 10.8. The number of halogens is 1. The van der Waals surface area contributed by atoms with E-state index in [4.69, 9.17) is 11.6 Å². The summed E-state index contributed by atoms with van der Waals surface area (Å²) in [5.74, 6) is -0.466. The minimum atomic E-state index is -0.684. The molecule has 7 nitrogen and oxygen atoms in total. The van der Waals surface area contributed by atoms with Crippen molar-refractivity contribution < 1.29 is 4.79 Å². The predicted molar refractivity (Wildman–Crippen MR) is 124 cm³/mol. The van der Waals surface area contributed by atoms with E-state index in [-0.39, 0.29) is 18.3 Å². The lowest BCUT2D eigenvalue weighted by Crippen LogP contribution is -2.48. The zero-order valence-corrected chi connectivity index (χ0v) is 18.7. The molecule has 1 amide bonds. The highest BCUT2D eigenvalue weighted by atomic mass is 35.5. The molecule has 1 aromatic heterocycles. The third kappa shape index (κ3) is 4.53. The minimum absolute atomic E-state index is 0.0437. The van der Waals surface area contributed by atoms with Crippen LogP contribution in [0.1, 0.15) is 48.2 Å². The van der Waals surface area contributed by atoms with Crippen LogP contribution >= 0.6 is 11.6 Å². The highest BCUT2D eigenvalue weighted by Gasteiger charge is 2.28. The fraction of sp³-hybridized carbons (Fsp3) is 0.333. The lowest BCUT2D eigenvalue weighted by atomic mass is 9.94. The van der Waals surface area contributed by atoms with Gasteiger partial charge in [-0.2, -0.15) is 9.78 Å². The molecule has 0 unspecified atom stereocenters. The van der Waals surface area contributed by atoms with Crippen molar-refractivity contribution in [3.8, 4) is 5.69 Å². The Balaban J connectivity index is 1.83. The number of carbonyl (C=O) groups excluding carboxylic acids is 1. The molecule has 3 aromatic rings. The van der Waals surface area contributed by atoms with E-state index in [9.17, 15) is 14.4 Å². The van der Waals surface area contributed by atoms with Crippen molar-refractivity contribution >= 4 is 17.5 Å². The van der Waals surface area contributed by atoms with Crippen molar-refractivity contribution in [1.29, 1.82) is 0 Å². The van der Waals surface area contributed by atoms with E-state index < -0.39 is 17.2 Å². The molecule has 1 fully saturated rings. The summed E-state index contributed by atoms with van der Waals surface area (Å²) in [6, 6.07) is 15.8. The van der Waals surface area contributed by atoms with E-state index in [0.29, 0.717) is 10.7 Å². The van der Waals surface area contributed by atoms with E-state index in [1.165, 1.54) is 0 Å². The highest BCUT2D eigenvalue weighted by Crippen LogP contribution is 2.22. The molecule has 1 heterocycles. The number of rotatable bonds is 5. The summed E-state index contributed by atoms with van der Waals surface area (Å²) in [6.07, 6.45) is 5.06.